The van der Waals surface area contributed by atoms with Gasteiger partial charge in [-0.05, 0) is 36.8 Å². The van der Waals surface area contributed by atoms with Crippen LogP contribution in [0.2, 0.25) is 5.02 Å². The molecule has 0 aliphatic heterocycles. The number of nitrogens with one attached hydrogen (secondary N) is 2. The van der Waals surface area contributed by atoms with Crippen LogP contribution in [0.4, 0.5) is 21.7 Å². The Labute approximate surface area is 116 Å². The summed E-state index contributed by atoms with van der Waals surface area (Å²) in [5, 5.41) is 6.57. The van der Waals surface area contributed by atoms with Crippen molar-refractivity contribution in [2.45, 2.75) is 13.3 Å². The van der Waals surface area contributed by atoms with Gasteiger partial charge in [0, 0.05) is 17.3 Å². The number of aromatic nitrogens is 1. The minimum absolute atomic E-state index is 0.350. The largest absolute Gasteiger partial charge is 0.370 e. The lowest BCUT2D eigenvalue weighted by atomic mass is 10.3. The van der Waals surface area contributed by atoms with Crippen LogP contribution in [0.25, 0.3) is 0 Å². The minimum atomic E-state index is -0.379. The Hall–Kier alpha value is -1.81. The third kappa shape index (κ3) is 4.10. The number of hydrogen-bond acceptors (Lipinski definition) is 3. The molecule has 0 aliphatic rings. The van der Waals surface area contributed by atoms with Crippen LogP contribution in [-0.2, 0) is 0 Å². The van der Waals surface area contributed by atoms with Crippen LogP contribution in [0.3, 0.4) is 0 Å². The van der Waals surface area contributed by atoms with E-state index in [-0.39, 0.29) is 5.82 Å². The molecule has 2 N–H and O–H groups in total. The van der Waals surface area contributed by atoms with Crippen molar-refractivity contribution in [2.75, 3.05) is 17.2 Å². The van der Waals surface area contributed by atoms with Crippen LogP contribution >= 0.6 is 11.6 Å². The number of nitrogens with zero attached hydrogens (tertiary/aromatic N) is 1. The van der Waals surface area contributed by atoms with E-state index in [1.165, 1.54) is 12.1 Å². The van der Waals surface area contributed by atoms with Crippen LogP contribution in [0, 0.1) is 5.82 Å². The van der Waals surface area contributed by atoms with E-state index in [4.69, 9.17) is 11.6 Å². The molecular formula is C14H15ClFN3. The van der Waals surface area contributed by atoms with Crippen molar-refractivity contribution < 1.29 is 4.39 Å². The molecule has 2 rings (SSSR count). The number of hydrogen-bond donors (Lipinski definition) is 2. The summed E-state index contributed by atoms with van der Waals surface area (Å²) < 4.78 is 13.2. The first-order valence-electron chi connectivity index (χ1n) is 6.11. The van der Waals surface area contributed by atoms with Gasteiger partial charge in [0.15, 0.2) is 0 Å². The van der Waals surface area contributed by atoms with Crippen molar-refractivity contribution in [2.24, 2.45) is 0 Å². The van der Waals surface area contributed by atoms with E-state index in [1.807, 2.05) is 18.2 Å². The summed E-state index contributed by atoms with van der Waals surface area (Å²) in [7, 11) is 0. The van der Waals surface area contributed by atoms with Gasteiger partial charge in [0.05, 0.1) is 0 Å². The highest BCUT2D eigenvalue weighted by molar-refractivity contribution is 6.30. The summed E-state index contributed by atoms with van der Waals surface area (Å²) in [6.45, 7) is 2.95. The maximum Gasteiger partial charge on any atom is 0.132 e. The van der Waals surface area contributed by atoms with Crippen molar-refractivity contribution in [3.63, 3.8) is 0 Å². The predicted octanol–water partition coefficient (Wildman–Crippen LogP) is 4.44. The first-order chi connectivity index (χ1) is 9.17. The fraction of sp³-hybridized carbons (Fsp3) is 0.214. The summed E-state index contributed by atoms with van der Waals surface area (Å²) in [5.74, 6) is 1.05. The summed E-state index contributed by atoms with van der Waals surface area (Å²) in [6, 6.07) is 9.88. The lowest BCUT2D eigenvalue weighted by molar-refractivity contribution is 0.628. The predicted molar refractivity (Wildman–Crippen MR) is 77.7 cm³/mol. The zero-order valence-electron chi connectivity index (χ0n) is 10.6. The average Bonchev–Trinajstić information content (AvgIpc) is 2.35. The van der Waals surface area contributed by atoms with Gasteiger partial charge in [-0.1, -0.05) is 24.6 Å². The molecule has 0 amide bonds. The Bertz CT molecular complexity index is 540. The van der Waals surface area contributed by atoms with E-state index in [9.17, 15) is 4.39 Å². The van der Waals surface area contributed by atoms with Crippen LogP contribution in [-0.4, -0.2) is 11.5 Å². The molecule has 0 fully saturated rings. The summed E-state index contributed by atoms with van der Waals surface area (Å²) >= 11 is 5.80. The van der Waals surface area contributed by atoms with E-state index in [1.54, 1.807) is 6.07 Å². The van der Waals surface area contributed by atoms with E-state index in [0.29, 0.717) is 16.5 Å². The molecule has 0 atom stereocenters. The van der Waals surface area contributed by atoms with Crippen LogP contribution in [0.1, 0.15) is 13.3 Å². The maximum absolute atomic E-state index is 13.2. The second-order valence-corrected chi connectivity index (χ2v) is 4.55. The first-order valence-corrected chi connectivity index (χ1v) is 6.49. The molecule has 5 heteroatoms. The quantitative estimate of drug-likeness (QED) is 0.849. The molecule has 1 heterocycles. The zero-order valence-corrected chi connectivity index (χ0v) is 11.3. The third-order valence-corrected chi connectivity index (χ3v) is 2.66. The lowest BCUT2D eigenvalue weighted by Crippen LogP contribution is -2.03. The second kappa shape index (κ2) is 6.38. The SMILES string of the molecule is CCCNc1cccc(Nc2cc(F)cc(Cl)c2)n1. The molecule has 2 aromatic rings. The van der Waals surface area contributed by atoms with Gasteiger partial charge in [-0.25, -0.2) is 9.37 Å². The Morgan fingerprint density at radius 2 is 2.00 bits per heavy atom. The molecule has 0 spiro atoms. The average molecular weight is 280 g/mol. The smallest absolute Gasteiger partial charge is 0.132 e. The standard InChI is InChI=1S/C14H15ClFN3/c1-2-6-17-13-4-3-5-14(19-13)18-12-8-10(15)7-11(16)9-12/h3-5,7-9H,2,6H2,1H3,(H2,17,18,19). The molecule has 100 valence electrons. The van der Waals surface area contributed by atoms with E-state index in [0.717, 1.165) is 18.8 Å². The monoisotopic (exact) mass is 279 g/mol. The van der Waals surface area contributed by atoms with E-state index < -0.39 is 0 Å². The van der Waals surface area contributed by atoms with Gasteiger partial charge in [-0.2, -0.15) is 0 Å². The molecule has 0 saturated carbocycles. The maximum atomic E-state index is 13.2. The molecule has 3 nitrogen and oxygen atoms in total. The Kier molecular flexibility index (Phi) is 4.58. The van der Waals surface area contributed by atoms with Gasteiger partial charge in [0.25, 0.3) is 0 Å². The molecule has 0 radical (unpaired) electrons. The second-order valence-electron chi connectivity index (χ2n) is 4.12. The molecule has 0 bridgehead atoms. The summed E-state index contributed by atoms with van der Waals surface area (Å²) in [4.78, 5) is 4.38. The number of benzene rings is 1. The highest BCUT2D eigenvalue weighted by atomic mass is 35.5. The molecule has 0 unspecified atom stereocenters. The number of rotatable bonds is 5. The van der Waals surface area contributed by atoms with Gasteiger partial charge in [-0.3, -0.25) is 0 Å². The van der Waals surface area contributed by atoms with Gasteiger partial charge in [0.1, 0.15) is 17.5 Å². The topological polar surface area (TPSA) is 37.0 Å². The normalized spacial score (nSPS) is 10.3. The fourth-order valence-corrected chi connectivity index (χ4v) is 1.85. The Morgan fingerprint density at radius 1 is 1.21 bits per heavy atom. The molecule has 1 aromatic heterocycles. The van der Waals surface area contributed by atoms with Crippen LogP contribution in [0.5, 0.6) is 0 Å². The summed E-state index contributed by atoms with van der Waals surface area (Å²) in [6.07, 6.45) is 1.03. The highest BCUT2D eigenvalue weighted by Gasteiger charge is 2.01. The number of anilines is 3. The molecule has 19 heavy (non-hydrogen) atoms. The molecule has 0 aliphatic carbocycles. The third-order valence-electron chi connectivity index (χ3n) is 2.44. The van der Waals surface area contributed by atoms with Gasteiger partial charge in [-0.15, -0.1) is 0 Å². The van der Waals surface area contributed by atoms with Gasteiger partial charge < -0.3 is 10.6 Å². The van der Waals surface area contributed by atoms with Crippen LogP contribution in [0.15, 0.2) is 36.4 Å². The van der Waals surface area contributed by atoms with E-state index >= 15 is 0 Å². The Balaban J connectivity index is 2.13. The van der Waals surface area contributed by atoms with Crippen molar-refractivity contribution in [3.8, 4) is 0 Å². The van der Waals surface area contributed by atoms with Crippen molar-refractivity contribution in [3.05, 3.63) is 47.2 Å². The first kappa shape index (κ1) is 13.6. The number of pyridine rings is 1. The minimum Gasteiger partial charge on any atom is -0.370 e. The van der Waals surface area contributed by atoms with Crippen molar-refractivity contribution >= 4 is 28.9 Å². The molecule has 0 saturated heterocycles. The van der Waals surface area contributed by atoms with Crippen molar-refractivity contribution in [1.82, 2.24) is 4.98 Å². The van der Waals surface area contributed by atoms with Gasteiger partial charge >= 0.3 is 0 Å². The lowest BCUT2D eigenvalue weighted by Gasteiger charge is -2.09. The highest BCUT2D eigenvalue weighted by Crippen LogP contribution is 2.21. The molecule has 1 aromatic carbocycles. The summed E-state index contributed by atoms with van der Waals surface area (Å²) in [5.41, 5.74) is 0.574. The van der Waals surface area contributed by atoms with Gasteiger partial charge in [0.2, 0.25) is 0 Å². The molecular weight excluding hydrogens is 265 g/mol. The number of halogens is 2. The fourth-order valence-electron chi connectivity index (χ4n) is 1.63. The van der Waals surface area contributed by atoms with Crippen molar-refractivity contribution in [1.29, 1.82) is 0 Å². The van der Waals surface area contributed by atoms with Crippen LogP contribution < -0.4 is 10.6 Å². The zero-order chi connectivity index (χ0) is 13.7. The van der Waals surface area contributed by atoms with E-state index in [2.05, 4.69) is 22.5 Å². The Morgan fingerprint density at radius 3 is 2.74 bits per heavy atom.